The van der Waals surface area contributed by atoms with Crippen molar-refractivity contribution in [2.45, 2.75) is 56.0 Å². The molecule has 0 fully saturated rings. The Morgan fingerprint density at radius 2 is 0.707 bits per heavy atom. The van der Waals surface area contributed by atoms with Crippen LogP contribution in [0.3, 0.4) is 0 Å². The molecule has 0 aliphatic rings. The number of carbonyl (C=O) groups excluding carboxylic acids is 1. The Morgan fingerprint density at radius 1 is 0.440 bits per heavy atom. The number of hydrogen-bond acceptors (Lipinski definition) is 4. The highest BCUT2D eigenvalue weighted by molar-refractivity contribution is 7.80. The second kappa shape index (κ2) is 20.8. The van der Waals surface area contributed by atoms with E-state index in [1.807, 2.05) is 18.2 Å². The molecule has 0 unspecified atom stereocenters. The molecule has 75 heavy (non-hydrogen) atoms. The van der Waals surface area contributed by atoms with Gasteiger partial charge in [0.1, 0.15) is 12.1 Å². The summed E-state index contributed by atoms with van der Waals surface area (Å²) in [6.07, 6.45) is -49.8. The van der Waals surface area contributed by atoms with Gasteiger partial charge in [0.25, 0.3) is 5.88 Å². The average Bonchev–Trinajstić information content (AvgIpc) is 3.27. The fourth-order valence-electron chi connectivity index (χ4n) is 7.60. The number of halogens is 24. The lowest BCUT2D eigenvalue weighted by molar-refractivity contribution is -0.684. The maximum absolute atomic E-state index is 14.2. The van der Waals surface area contributed by atoms with Crippen molar-refractivity contribution in [3.63, 3.8) is 0 Å². The van der Waals surface area contributed by atoms with E-state index in [4.69, 9.17) is 4.74 Å². The number of hydrogen-bond donors (Lipinski definition) is 1. The minimum atomic E-state index is -6.13. The second-order valence-corrected chi connectivity index (χ2v) is 16.1. The lowest BCUT2D eigenvalue weighted by Crippen LogP contribution is -2.75. The number of nitrogens with zero attached hydrogens (tertiary/aromatic N) is 2. The first-order valence-corrected chi connectivity index (χ1v) is 20.7. The van der Waals surface area contributed by atoms with Crippen LogP contribution < -0.4 is 31.2 Å². The van der Waals surface area contributed by atoms with E-state index in [0.29, 0.717) is 11.4 Å². The first-order valence-electron chi connectivity index (χ1n) is 20.1. The van der Waals surface area contributed by atoms with Gasteiger partial charge in [0, 0.05) is 5.56 Å². The summed E-state index contributed by atoms with van der Waals surface area (Å²) in [6.45, 7) is 0.259. The highest BCUT2D eigenvalue weighted by atomic mass is 32.1. The van der Waals surface area contributed by atoms with Crippen LogP contribution in [0.2, 0.25) is 0 Å². The van der Waals surface area contributed by atoms with E-state index in [0.717, 1.165) is 0 Å². The lowest BCUT2D eigenvalue weighted by atomic mass is 9.12. The van der Waals surface area contributed by atoms with Crippen LogP contribution >= 0.6 is 12.6 Å². The number of ketones is 1. The van der Waals surface area contributed by atoms with Crippen LogP contribution in [0.1, 0.15) is 54.9 Å². The summed E-state index contributed by atoms with van der Waals surface area (Å²) in [6, 6.07) is 0.369. The van der Waals surface area contributed by atoms with Gasteiger partial charge in [-0.05, 0) is 24.3 Å². The molecule has 0 aliphatic heterocycles. The van der Waals surface area contributed by atoms with Crippen molar-refractivity contribution in [2.75, 3.05) is 5.94 Å². The predicted molar refractivity (Wildman–Crippen MR) is 220 cm³/mol. The SMILES string of the molecule is FC(F)(F)c1cc([B-](c2cc(C(F)(F)F)cc(C(F)(F)F)c2)(c2cc(C(F)(F)F)cc(C(F)(F)F)c2)c2cc(C(F)(F)F)cc(C(F)(F)F)c2)cc(C(F)(F)F)c1.O=C(C[n+]1ccnc(OCS)c1)c1ccccc1. The largest absolute Gasteiger partial charge is 0.463 e. The Hall–Kier alpha value is -6.62. The average molecular weight is 1120 g/mol. The van der Waals surface area contributed by atoms with Gasteiger partial charge in [-0.3, -0.25) is 4.79 Å². The number of ether oxygens (including phenoxy) is 1. The van der Waals surface area contributed by atoms with E-state index in [1.54, 1.807) is 35.3 Å². The van der Waals surface area contributed by atoms with Crippen LogP contribution in [-0.2, 0) is 56.0 Å². The molecule has 6 rings (SSSR count). The van der Waals surface area contributed by atoms with Gasteiger partial charge in [-0.15, -0.1) is 12.6 Å². The normalized spacial score (nSPS) is 13.3. The van der Waals surface area contributed by atoms with Crippen molar-refractivity contribution in [3.05, 3.63) is 172 Å². The zero-order chi connectivity index (χ0) is 56.7. The summed E-state index contributed by atoms with van der Waals surface area (Å²) in [5, 5.41) is 0. The standard InChI is InChI=1S/C32H12BF24.C13H12N2O2S/c34-25(35,36)13-1-14(26(37,38)39)6-21(5-13)33(22-7-15(27(40,41)42)2-16(8-22)28(43,44)45,23-9-17(29(46,47)48)3-18(10-23)30(49,50)51)24-11-19(31(52,53)54)4-20(12-24)32(55,56)57;16-12(11-4-2-1-3-5-11)8-15-7-6-14-13(9-15)17-10-18/h1-12H;1-7,9H,8,10H2/q-1;/p+1. The number of carbonyl (C=O) groups is 1. The summed E-state index contributed by atoms with van der Waals surface area (Å²) < 4.78 is 348. The maximum Gasteiger partial charge on any atom is 0.416 e. The molecule has 404 valence electrons. The first-order chi connectivity index (χ1) is 34.1. The summed E-state index contributed by atoms with van der Waals surface area (Å²) in [4.78, 5) is 16.0. The van der Waals surface area contributed by atoms with Crippen molar-refractivity contribution < 1.29 is 119 Å². The predicted octanol–water partition coefficient (Wildman–Crippen LogP) is 12.7. The molecule has 0 N–H and O–H groups in total. The van der Waals surface area contributed by atoms with Crippen molar-refractivity contribution in [3.8, 4) is 5.88 Å². The molecule has 0 radical (unpaired) electrons. The van der Waals surface area contributed by atoms with Gasteiger partial charge in [-0.2, -0.15) is 132 Å². The molecule has 1 aromatic heterocycles. The van der Waals surface area contributed by atoms with Gasteiger partial charge in [-0.25, -0.2) is 4.98 Å². The van der Waals surface area contributed by atoms with Crippen molar-refractivity contribution in [1.82, 2.24) is 4.98 Å². The molecular weight excluding hydrogens is 1100 g/mol. The molecule has 0 saturated heterocycles. The third kappa shape index (κ3) is 14.2. The molecule has 6 aromatic rings. The van der Waals surface area contributed by atoms with E-state index in [2.05, 4.69) is 17.6 Å². The number of alkyl halides is 24. The molecule has 0 saturated carbocycles. The van der Waals surface area contributed by atoms with Crippen molar-refractivity contribution >= 4 is 46.4 Å². The van der Waals surface area contributed by atoms with Gasteiger partial charge in [0.2, 0.25) is 18.5 Å². The molecule has 0 aliphatic carbocycles. The molecule has 0 bridgehead atoms. The molecule has 0 atom stereocenters. The van der Waals surface area contributed by atoms with Crippen LogP contribution in [0.5, 0.6) is 5.88 Å². The Kier molecular flexibility index (Phi) is 16.5. The fraction of sp³-hybridized carbons (Fsp3) is 0.222. The number of thiol groups is 1. The number of benzene rings is 5. The topological polar surface area (TPSA) is 43.1 Å². The summed E-state index contributed by atoms with van der Waals surface area (Å²) >= 11 is 3.95. The minimum absolute atomic E-state index is 0.0450. The Balaban J connectivity index is 0.000000483. The van der Waals surface area contributed by atoms with E-state index in [-0.39, 0.29) is 18.3 Å². The van der Waals surface area contributed by atoms with E-state index in [9.17, 15) is 110 Å². The minimum Gasteiger partial charge on any atom is -0.463 e. The van der Waals surface area contributed by atoms with Crippen molar-refractivity contribution in [1.29, 1.82) is 0 Å². The van der Waals surface area contributed by atoms with Gasteiger partial charge in [0.15, 0.2) is 6.20 Å². The number of aromatic nitrogens is 2. The van der Waals surface area contributed by atoms with E-state index >= 15 is 0 Å². The van der Waals surface area contributed by atoms with Crippen LogP contribution in [0.15, 0.2) is 122 Å². The molecule has 5 aromatic carbocycles. The molecular formula is C45H25BF24N2O2S. The third-order valence-electron chi connectivity index (χ3n) is 10.8. The third-order valence-corrected chi connectivity index (χ3v) is 10.9. The fourth-order valence-corrected chi connectivity index (χ4v) is 7.73. The lowest BCUT2D eigenvalue weighted by Gasteiger charge is -2.46. The molecule has 0 amide bonds. The molecule has 30 heteroatoms. The van der Waals surface area contributed by atoms with Gasteiger partial charge in [0.05, 0.1) is 50.7 Å². The molecule has 0 spiro atoms. The quantitative estimate of drug-likeness (QED) is 0.0392. The zero-order valence-electron chi connectivity index (χ0n) is 36.3. The van der Waals surface area contributed by atoms with Crippen LogP contribution in [0, 0.1) is 0 Å². The molecule has 4 nitrogen and oxygen atoms in total. The van der Waals surface area contributed by atoms with E-state index in [1.165, 1.54) is 0 Å². The highest BCUT2D eigenvalue weighted by Gasteiger charge is 2.47. The molecule has 1 heterocycles. The smallest absolute Gasteiger partial charge is 0.416 e. The van der Waals surface area contributed by atoms with Crippen LogP contribution in [0.25, 0.3) is 0 Å². The number of rotatable bonds is 9. The van der Waals surface area contributed by atoms with Crippen molar-refractivity contribution in [2.24, 2.45) is 0 Å². The second-order valence-electron chi connectivity index (χ2n) is 15.9. The monoisotopic (exact) mass is 1120 g/mol. The Morgan fingerprint density at radius 3 is 0.947 bits per heavy atom. The zero-order valence-corrected chi connectivity index (χ0v) is 37.2. The summed E-state index contributed by atoms with van der Waals surface area (Å²) in [5.74, 6) is 0.751. The Labute approximate surface area is 409 Å². The first kappa shape index (κ1) is 59.3. The highest BCUT2D eigenvalue weighted by Crippen LogP contribution is 2.41. The summed E-state index contributed by atoms with van der Waals surface area (Å²) in [7, 11) is 0. The number of Topliss-reactive ketones (excluding diaryl/α,β-unsaturated/α-hetero) is 1. The van der Waals surface area contributed by atoms with E-state index < -0.39 is 195 Å². The van der Waals surface area contributed by atoms with Gasteiger partial charge >= 0.3 is 49.4 Å². The van der Waals surface area contributed by atoms with Crippen LogP contribution in [-0.4, -0.2) is 22.9 Å². The van der Waals surface area contributed by atoms with Gasteiger partial charge < -0.3 is 4.74 Å². The van der Waals surface area contributed by atoms with Crippen LogP contribution in [0.4, 0.5) is 105 Å². The van der Waals surface area contributed by atoms with Gasteiger partial charge in [-0.1, -0.05) is 78.9 Å². The Bertz CT molecular complexity index is 2570. The maximum atomic E-state index is 14.2. The summed E-state index contributed by atoms with van der Waals surface area (Å²) in [5.41, 5.74) is -29.5.